The SMILES string of the molecule is C=CCN(c1ccccc1)S(=O)(=O)c1ccc2c(c1)CCN2C(=O)C1CCC1. The number of anilines is 2. The van der Waals surface area contributed by atoms with Crippen LogP contribution in [0.4, 0.5) is 11.4 Å². The highest BCUT2D eigenvalue weighted by atomic mass is 32.2. The van der Waals surface area contributed by atoms with Crippen LogP contribution in [-0.4, -0.2) is 27.4 Å². The summed E-state index contributed by atoms with van der Waals surface area (Å²) in [5.41, 5.74) is 2.37. The number of para-hydroxylation sites is 1. The minimum atomic E-state index is -3.73. The topological polar surface area (TPSA) is 57.7 Å². The Morgan fingerprint density at radius 1 is 1.18 bits per heavy atom. The van der Waals surface area contributed by atoms with E-state index in [-0.39, 0.29) is 23.3 Å². The van der Waals surface area contributed by atoms with Crippen LogP contribution in [0.15, 0.2) is 66.1 Å². The number of benzene rings is 2. The highest BCUT2D eigenvalue weighted by Crippen LogP contribution is 2.36. The first-order valence-electron chi connectivity index (χ1n) is 9.65. The summed E-state index contributed by atoms with van der Waals surface area (Å²) in [6, 6.07) is 14.1. The second kappa shape index (κ2) is 7.43. The summed E-state index contributed by atoms with van der Waals surface area (Å²) in [6.07, 6.45) is 5.31. The van der Waals surface area contributed by atoms with Crippen molar-refractivity contribution in [2.75, 3.05) is 22.3 Å². The molecule has 1 amide bonds. The molecule has 2 aromatic carbocycles. The molecule has 6 heteroatoms. The third-order valence-electron chi connectivity index (χ3n) is 5.59. The number of carbonyl (C=O) groups excluding carboxylic acids is 1. The van der Waals surface area contributed by atoms with Gasteiger partial charge in [0.1, 0.15) is 0 Å². The lowest BCUT2D eigenvalue weighted by Crippen LogP contribution is -2.37. The zero-order valence-electron chi connectivity index (χ0n) is 15.8. The number of carbonyl (C=O) groups is 1. The lowest BCUT2D eigenvalue weighted by Gasteiger charge is -2.29. The fraction of sp³-hybridized carbons (Fsp3) is 0.318. The van der Waals surface area contributed by atoms with Gasteiger partial charge in [0.05, 0.1) is 17.1 Å². The number of nitrogens with zero attached hydrogens (tertiary/aromatic N) is 2. The molecule has 0 saturated heterocycles. The smallest absolute Gasteiger partial charge is 0.264 e. The van der Waals surface area contributed by atoms with Gasteiger partial charge >= 0.3 is 0 Å². The molecule has 0 N–H and O–H groups in total. The number of amides is 1. The summed E-state index contributed by atoms with van der Waals surface area (Å²) in [5, 5.41) is 0. The van der Waals surface area contributed by atoms with Crippen molar-refractivity contribution in [3.63, 3.8) is 0 Å². The van der Waals surface area contributed by atoms with Gasteiger partial charge in [-0.1, -0.05) is 30.7 Å². The van der Waals surface area contributed by atoms with Gasteiger partial charge in [-0.25, -0.2) is 8.42 Å². The zero-order valence-corrected chi connectivity index (χ0v) is 16.6. The van der Waals surface area contributed by atoms with E-state index in [1.54, 1.807) is 36.4 Å². The maximum Gasteiger partial charge on any atom is 0.264 e. The maximum absolute atomic E-state index is 13.3. The Balaban J connectivity index is 1.66. The van der Waals surface area contributed by atoms with Crippen LogP contribution in [0.1, 0.15) is 24.8 Å². The fourth-order valence-corrected chi connectivity index (χ4v) is 5.31. The first-order valence-corrected chi connectivity index (χ1v) is 11.1. The second-order valence-corrected chi connectivity index (χ2v) is 9.18. The van der Waals surface area contributed by atoms with Crippen LogP contribution < -0.4 is 9.21 Å². The Hall–Kier alpha value is -2.60. The zero-order chi connectivity index (χ0) is 19.7. The number of hydrogen-bond acceptors (Lipinski definition) is 3. The predicted molar refractivity (Wildman–Crippen MR) is 111 cm³/mol. The van der Waals surface area contributed by atoms with Crippen molar-refractivity contribution in [2.45, 2.75) is 30.6 Å². The van der Waals surface area contributed by atoms with Gasteiger partial charge < -0.3 is 4.90 Å². The summed E-state index contributed by atoms with van der Waals surface area (Å²) in [6.45, 7) is 4.52. The lowest BCUT2D eigenvalue weighted by atomic mass is 9.84. The van der Waals surface area contributed by atoms with Gasteiger partial charge in [-0.3, -0.25) is 9.10 Å². The minimum absolute atomic E-state index is 0.135. The van der Waals surface area contributed by atoms with Crippen molar-refractivity contribution >= 4 is 27.3 Å². The molecule has 0 atom stereocenters. The molecule has 0 bridgehead atoms. The monoisotopic (exact) mass is 396 g/mol. The lowest BCUT2D eigenvalue weighted by molar-refractivity contribution is -0.124. The van der Waals surface area contributed by atoms with Gasteiger partial charge in [-0.15, -0.1) is 6.58 Å². The quantitative estimate of drug-likeness (QED) is 0.699. The minimum Gasteiger partial charge on any atom is -0.312 e. The standard InChI is InChI=1S/C22H24N2O3S/c1-2-14-24(19-9-4-3-5-10-19)28(26,27)20-11-12-21-18(16-20)13-15-23(21)22(25)17-7-6-8-17/h2-5,9-12,16-17H,1,6-8,13-15H2. The predicted octanol–water partition coefficient (Wildman–Crippen LogP) is 3.76. The molecule has 0 unspecified atom stereocenters. The van der Waals surface area contributed by atoms with Gasteiger partial charge in [0, 0.05) is 18.2 Å². The Labute approximate surface area is 166 Å². The van der Waals surface area contributed by atoms with E-state index in [2.05, 4.69) is 6.58 Å². The van der Waals surface area contributed by atoms with Gasteiger partial charge in [0.15, 0.2) is 0 Å². The summed E-state index contributed by atoms with van der Waals surface area (Å²) in [4.78, 5) is 14.7. The molecule has 1 heterocycles. The Kier molecular flexibility index (Phi) is 4.98. The molecule has 2 aliphatic rings. The number of sulfonamides is 1. The molecule has 146 valence electrons. The Morgan fingerprint density at radius 2 is 1.93 bits per heavy atom. The number of fused-ring (bicyclic) bond motifs is 1. The van der Waals surface area contributed by atoms with Gasteiger partial charge in [0.2, 0.25) is 5.91 Å². The van der Waals surface area contributed by atoms with E-state index in [1.165, 1.54) is 4.31 Å². The van der Waals surface area contributed by atoms with Crippen LogP contribution in [-0.2, 0) is 21.2 Å². The molecule has 28 heavy (non-hydrogen) atoms. The molecule has 1 saturated carbocycles. The van der Waals surface area contributed by atoms with Gasteiger partial charge in [-0.05, 0) is 55.2 Å². The molecule has 1 aliphatic heterocycles. The van der Waals surface area contributed by atoms with E-state index in [1.807, 2.05) is 23.1 Å². The van der Waals surface area contributed by atoms with Crippen LogP contribution in [0.25, 0.3) is 0 Å². The average Bonchev–Trinajstić information content (AvgIpc) is 3.08. The molecule has 1 fully saturated rings. The highest BCUT2D eigenvalue weighted by Gasteiger charge is 2.34. The van der Waals surface area contributed by atoms with E-state index < -0.39 is 10.0 Å². The van der Waals surface area contributed by atoms with Gasteiger partial charge in [0.25, 0.3) is 10.0 Å². The van der Waals surface area contributed by atoms with Crippen LogP contribution in [0.5, 0.6) is 0 Å². The van der Waals surface area contributed by atoms with E-state index in [0.29, 0.717) is 18.7 Å². The molecule has 1 aliphatic carbocycles. The third-order valence-corrected chi connectivity index (χ3v) is 7.38. The van der Waals surface area contributed by atoms with Crippen molar-refractivity contribution < 1.29 is 13.2 Å². The summed E-state index contributed by atoms with van der Waals surface area (Å²) >= 11 is 0. The largest absolute Gasteiger partial charge is 0.312 e. The Bertz CT molecular complexity index is 998. The van der Waals surface area contributed by atoms with E-state index in [4.69, 9.17) is 0 Å². The van der Waals surface area contributed by atoms with Crippen LogP contribution >= 0.6 is 0 Å². The van der Waals surface area contributed by atoms with E-state index in [9.17, 15) is 13.2 Å². The average molecular weight is 397 g/mol. The summed E-state index contributed by atoms with van der Waals surface area (Å²) in [7, 11) is -3.73. The molecule has 0 aromatic heterocycles. The maximum atomic E-state index is 13.3. The molecule has 0 spiro atoms. The van der Waals surface area contributed by atoms with Crippen LogP contribution in [0, 0.1) is 5.92 Å². The molecule has 2 aromatic rings. The van der Waals surface area contributed by atoms with Crippen molar-refractivity contribution in [1.82, 2.24) is 0 Å². The van der Waals surface area contributed by atoms with Crippen molar-refractivity contribution in [3.05, 3.63) is 66.7 Å². The first kappa shape index (κ1) is 18.7. The van der Waals surface area contributed by atoms with Gasteiger partial charge in [-0.2, -0.15) is 0 Å². The molecule has 5 nitrogen and oxygen atoms in total. The highest BCUT2D eigenvalue weighted by molar-refractivity contribution is 7.92. The fourth-order valence-electron chi connectivity index (χ4n) is 3.82. The second-order valence-electron chi connectivity index (χ2n) is 7.32. The van der Waals surface area contributed by atoms with Crippen LogP contribution in [0.2, 0.25) is 0 Å². The Morgan fingerprint density at radius 3 is 2.57 bits per heavy atom. The molecule has 4 rings (SSSR count). The van der Waals surface area contributed by atoms with E-state index in [0.717, 1.165) is 30.5 Å². The molecular formula is C22H24N2O3S. The molecular weight excluding hydrogens is 372 g/mol. The molecule has 0 radical (unpaired) electrons. The summed E-state index contributed by atoms with van der Waals surface area (Å²) in [5.74, 6) is 0.314. The van der Waals surface area contributed by atoms with E-state index >= 15 is 0 Å². The van der Waals surface area contributed by atoms with Crippen molar-refractivity contribution in [1.29, 1.82) is 0 Å². The van der Waals surface area contributed by atoms with Crippen molar-refractivity contribution in [3.8, 4) is 0 Å². The summed E-state index contributed by atoms with van der Waals surface area (Å²) < 4.78 is 28.0. The third kappa shape index (κ3) is 3.22. The number of rotatable bonds is 6. The first-order chi connectivity index (χ1) is 13.5. The van der Waals surface area contributed by atoms with Crippen molar-refractivity contribution in [2.24, 2.45) is 5.92 Å². The normalized spacial score (nSPS) is 16.4. The van der Waals surface area contributed by atoms with Crippen LogP contribution in [0.3, 0.4) is 0 Å². The number of hydrogen-bond donors (Lipinski definition) is 0.